The molecule has 2 aromatic rings. The number of aromatic nitrogens is 3. The van der Waals surface area contributed by atoms with E-state index in [1.54, 1.807) is 0 Å². The van der Waals surface area contributed by atoms with Crippen LogP contribution in [0, 0.1) is 11.3 Å². The fraction of sp³-hybridized carbons (Fsp3) is 0.652. The van der Waals surface area contributed by atoms with Gasteiger partial charge >= 0.3 is 6.18 Å². The third kappa shape index (κ3) is 3.32. The molecule has 3 fully saturated rings. The molecule has 0 amide bonds. The van der Waals surface area contributed by atoms with E-state index in [-0.39, 0.29) is 11.5 Å². The van der Waals surface area contributed by atoms with Gasteiger partial charge in [0.1, 0.15) is 5.82 Å². The summed E-state index contributed by atoms with van der Waals surface area (Å²) in [4.78, 5) is 6.26. The van der Waals surface area contributed by atoms with Crippen LogP contribution in [0.25, 0.3) is 11.3 Å². The number of likely N-dealkylation sites (N-methyl/N-ethyl adjacent to an activating group) is 1. The van der Waals surface area contributed by atoms with Gasteiger partial charge in [0.15, 0.2) is 0 Å². The molecule has 2 saturated carbocycles. The number of alkyl halides is 3. The number of nitrogen functional groups attached to an aromatic ring is 1. The van der Waals surface area contributed by atoms with E-state index in [4.69, 9.17) is 15.6 Å². The number of pyridine rings is 1. The second-order valence-electron chi connectivity index (χ2n) is 10.2. The van der Waals surface area contributed by atoms with Gasteiger partial charge in [0.2, 0.25) is 0 Å². The molecule has 174 valence electrons. The quantitative estimate of drug-likeness (QED) is 0.736. The van der Waals surface area contributed by atoms with Crippen molar-refractivity contribution >= 4 is 5.82 Å². The van der Waals surface area contributed by atoms with Crippen LogP contribution in [0.5, 0.6) is 0 Å². The molecule has 1 saturated heterocycles. The average molecular weight is 450 g/mol. The Labute approximate surface area is 185 Å². The van der Waals surface area contributed by atoms with E-state index in [9.17, 15) is 13.2 Å². The first-order chi connectivity index (χ1) is 15.0. The lowest BCUT2D eigenvalue weighted by Gasteiger charge is -2.39. The molecule has 3 heterocycles. The summed E-state index contributed by atoms with van der Waals surface area (Å²) in [5, 5.41) is 4.70. The Morgan fingerprint density at radius 3 is 2.50 bits per heavy atom. The van der Waals surface area contributed by atoms with Gasteiger partial charge in [-0.3, -0.25) is 9.58 Å². The lowest BCUT2D eigenvalue weighted by molar-refractivity contribution is -0.137. The summed E-state index contributed by atoms with van der Waals surface area (Å²) >= 11 is 0. The van der Waals surface area contributed by atoms with Crippen LogP contribution in [0.4, 0.5) is 19.0 Å². The van der Waals surface area contributed by atoms with E-state index in [2.05, 4.69) is 37.7 Å². The molecule has 2 aromatic heterocycles. The van der Waals surface area contributed by atoms with Crippen molar-refractivity contribution in [2.75, 3.05) is 26.0 Å². The van der Waals surface area contributed by atoms with Crippen LogP contribution in [0.2, 0.25) is 0 Å². The molecule has 3 aliphatic rings. The summed E-state index contributed by atoms with van der Waals surface area (Å²) in [5.41, 5.74) is 6.72. The first-order valence-electron chi connectivity index (χ1n) is 11.2. The zero-order valence-corrected chi connectivity index (χ0v) is 18.9. The number of halogens is 3. The minimum atomic E-state index is -4.55. The highest BCUT2D eigenvalue weighted by Crippen LogP contribution is 2.73. The predicted octanol–water partition coefficient (Wildman–Crippen LogP) is 4.34. The largest absolute Gasteiger partial charge is 0.419 e. The Kier molecular flexibility index (Phi) is 4.87. The number of nitrogens with two attached hydrogens (primary N) is 1. The minimum absolute atomic E-state index is 0.109. The Morgan fingerprint density at radius 1 is 1.25 bits per heavy atom. The molecule has 0 bridgehead atoms. The zero-order chi connectivity index (χ0) is 23.0. The molecule has 32 heavy (non-hydrogen) atoms. The molecule has 2 aliphatic carbocycles. The normalized spacial score (nSPS) is 30.1. The van der Waals surface area contributed by atoms with E-state index in [1.807, 2.05) is 10.7 Å². The fourth-order valence-corrected chi connectivity index (χ4v) is 5.88. The molecule has 0 radical (unpaired) electrons. The number of hydrogen-bond donors (Lipinski definition) is 1. The third-order valence-corrected chi connectivity index (χ3v) is 7.92. The van der Waals surface area contributed by atoms with E-state index in [0.717, 1.165) is 37.8 Å². The average Bonchev–Trinajstić information content (AvgIpc) is 2.99. The van der Waals surface area contributed by atoms with Gasteiger partial charge in [-0.25, -0.2) is 4.98 Å². The van der Waals surface area contributed by atoms with Crippen LogP contribution < -0.4 is 5.73 Å². The van der Waals surface area contributed by atoms with Gasteiger partial charge in [0.05, 0.1) is 30.5 Å². The summed E-state index contributed by atoms with van der Waals surface area (Å²) in [6.45, 7) is 8.08. The maximum atomic E-state index is 13.3. The molecule has 9 heteroatoms. The van der Waals surface area contributed by atoms with Crippen molar-refractivity contribution in [3.05, 3.63) is 29.6 Å². The SMILES string of the molecule is CC(C)n1nc(-c2cnc(N)c(C(F)(F)F)c2)cc1[C@H]1[C@@H]2C[C@H](N(C)C3COC3)CC21C. The van der Waals surface area contributed by atoms with Crippen molar-refractivity contribution < 1.29 is 17.9 Å². The Hall–Kier alpha value is -2.13. The van der Waals surface area contributed by atoms with Crippen molar-refractivity contribution in [3.63, 3.8) is 0 Å². The molecule has 1 aliphatic heterocycles. The van der Waals surface area contributed by atoms with Gasteiger partial charge < -0.3 is 10.5 Å². The smallest absolute Gasteiger partial charge is 0.383 e. The van der Waals surface area contributed by atoms with Crippen LogP contribution in [0.3, 0.4) is 0 Å². The van der Waals surface area contributed by atoms with Crippen LogP contribution in [-0.4, -0.2) is 52.0 Å². The topological polar surface area (TPSA) is 69.2 Å². The van der Waals surface area contributed by atoms with Crippen LogP contribution in [0.1, 0.15) is 56.8 Å². The summed E-state index contributed by atoms with van der Waals surface area (Å²) in [5.74, 6) is 0.423. The predicted molar refractivity (Wildman–Crippen MR) is 115 cm³/mol. The highest BCUT2D eigenvalue weighted by Gasteiger charge is 2.67. The number of fused-ring (bicyclic) bond motifs is 1. The summed E-state index contributed by atoms with van der Waals surface area (Å²) in [7, 11) is 2.20. The van der Waals surface area contributed by atoms with Gasteiger partial charge in [0, 0.05) is 35.5 Å². The van der Waals surface area contributed by atoms with E-state index in [1.165, 1.54) is 6.20 Å². The minimum Gasteiger partial charge on any atom is -0.383 e. The van der Waals surface area contributed by atoms with Crippen molar-refractivity contribution in [1.29, 1.82) is 0 Å². The maximum Gasteiger partial charge on any atom is 0.419 e. The molecule has 0 aromatic carbocycles. The van der Waals surface area contributed by atoms with Gasteiger partial charge in [-0.05, 0) is 57.2 Å². The highest BCUT2D eigenvalue weighted by atomic mass is 19.4. The van der Waals surface area contributed by atoms with Crippen molar-refractivity contribution in [1.82, 2.24) is 19.7 Å². The van der Waals surface area contributed by atoms with Crippen LogP contribution >= 0.6 is 0 Å². The molecule has 1 unspecified atom stereocenters. The Balaban J connectivity index is 1.42. The maximum absolute atomic E-state index is 13.3. The molecular weight excluding hydrogens is 419 g/mol. The monoisotopic (exact) mass is 449 g/mol. The third-order valence-electron chi connectivity index (χ3n) is 7.92. The van der Waals surface area contributed by atoms with Crippen LogP contribution in [0.15, 0.2) is 18.3 Å². The first kappa shape index (κ1) is 21.7. The molecular formula is C23H30F3N5O. The standard InChI is InChI=1S/C23H30F3N5O/c1-12(2)31-19(7-18(29-31)13-5-17(23(24,25)26)21(27)28-9-13)20-16-6-14(8-22(16,20)3)30(4)15-10-32-11-15/h5,7,9,12,14-16,20H,6,8,10-11H2,1-4H3,(H2,27,28)/t14-,16-,20+,22?/m0/s1. The number of rotatable bonds is 5. The number of hydrogen-bond acceptors (Lipinski definition) is 5. The first-order valence-corrected chi connectivity index (χ1v) is 11.2. The molecule has 5 rings (SSSR count). The van der Waals surface area contributed by atoms with Crippen LogP contribution in [-0.2, 0) is 10.9 Å². The number of ether oxygens (including phenoxy) is 1. The van der Waals surface area contributed by atoms with E-state index >= 15 is 0 Å². The molecule has 6 nitrogen and oxygen atoms in total. The number of nitrogens with zero attached hydrogens (tertiary/aromatic N) is 4. The fourth-order valence-electron chi connectivity index (χ4n) is 5.88. The number of anilines is 1. The molecule has 2 N–H and O–H groups in total. The lowest BCUT2D eigenvalue weighted by atomic mass is 9.95. The molecule has 0 spiro atoms. The van der Waals surface area contributed by atoms with E-state index < -0.39 is 17.6 Å². The lowest BCUT2D eigenvalue weighted by Crippen LogP contribution is -2.51. The van der Waals surface area contributed by atoms with Gasteiger partial charge in [-0.2, -0.15) is 18.3 Å². The molecule has 4 atom stereocenters. The van der Waals surface area contributed by atoms with E-state index in [0.29, 0.717) is 35.2 Å². The highest BCUT2D eigenvalue weighted by molar-refractivity contribution is 5.63. The van der Waals surface area contributed by atoms with Crippen molar-refractivity contribution in [2.24, 2.45) is 11.3 Å². The Bertz CT molecular complexity index is 1030. The van der Waals surface area contributed by atoms with Crippen molar-refractivity contribution in [3.8, 4) is 11.3 Å². The second kappa shape index (κ2) is 7.18. The van der Waals surface area contributed by atoms with Gasteiger partial charge in [0.25, 0.3) is 0 Å². The van der Waals surface area contributed by atoms with Gasteiger partial charge in [-0.1, -0.05) is 6.92 Å². The van der Waals surface area contributed by atoms with Gasteiger partial charge in [-0.15, -0.1) is 0 Å². The zero-order valence-electron chi connectivity index (χ0n) is 18.9. The second-order valence-corrected chi connectivity index (χ2v) is 10.2. The summed E-state index contributed by atoms with van der Waals surface area (Å²) in [6, 6.07) is 4.20. The summed E-state index contributed by atoms with van der Waals surface area (Å²) < 4.78 is 47.3. The van der Waals surface area contributed by atoms with Crippen molar-refractivity contribution in [2.45, 2.75) is 63.8 Å². The Morgan fingerprint density at radius 2 is 1.97 bits per heavy atom. The summed E-state index contributed by atoms with van der Waals surface area (Å²) in [6.07, 6.45) is -0.920.